The van der Waals surface area contributed by atoms with Crippen LogP contribution in [-0.4, -0.2) is 43.8 Å². The van der Waals surface area contributed by atoms with Crippen LogP contribution in [0.5, 0.6) is 0 Å². The molecule has 3 aromatic rings. The molecule has 1 heterocycles. The first kappa shape index (κ1) is 23.3. The molecule has 3 rings (SSSR count). The lowest BCUT2D eigenvalue weighted by molar-refractivity contribution is 0.445. The van der Waals surface area contributed by atoms with Crippen LogP contribution in [0.25, 0.3) is 0 Å². The average molecular weight is 481 g/mol. The lowest BCUT2D eigenvalue weighted by Crippen LogP contribution is -2.30. The zero-order chi connectivity index (χ0) is 22.6. The van der Waals surface area contributed by atoms with E-state index in [0.717, 1.165) is 10.1 Å². The normalized spacial score (nSPS) is 12.3. The van der Waals surface area contributed by atoms with E-state index in [2.05, 4.69) is 9.71 Å². The quantitative estimate of drug-likeness (QED) is 0.504. The van der Waals surface area contributed by atoms with E-state index in [1.807, 2.05) is 17.8 Å². The molecule has 0 atom stereocenters. The largest absolute Gasteiger partial charge is 0.329 e. The van der Waals surface area contributed by atoms with Gasteiger partial charge in [0, 0.05) is 43.1 Å². The van der Waals surface area contributed by atoms with Crippen LogP contribution in [0.4, 0.5) is 5.69 Å². The van der Waals surface area contributed by atoms with Crippen LogP contribution in [0, 0.1) is 0 Å². The maximum absolute atomic E-state index is 12.7. The molecule has 0 radical (unpaired) electrons. The number of imidazole rings is 1. The van der Waals surface area contributed by atoms with Gasteiger partial charge in [-0.3, -0.25) is 4.72 Å². The van der Waals surface area contributed by atoms with Gasteiger partial charge in [0.15, 0.2) is 5.16 Å². The highest BCUT2D eigenvalue weighted by atomic mass is 32.2. The molecule has 0 amide bonds. The fraction of sp³-hybridized carbons (Fsp3) is 0.250. The highest BCUT2D eigenvalue weighted by molar-refractivity contribution is 7.99. The Kier molecular flexibility index (Phi) is 7.10. The summed E-state index contributed by atoms with van der Waals surface area (Å²) in [6, 6.07) is 12.2. The fourth-order valence-electron chi connectivity index (χ4n) is 2.86. The third-order valence-electron chi connectivity index (χ3n) is 4.57. The van der Waals surface area contributed by atoms with Crippen molar-refractivity contribution in [2.75, 3.05) is 17.8 Å². The summed E-state index contributed by atoms with van der Waals surface area (Å²) in [7, 11) is -5.60. The molecule has 0 bridgehead atoms. The average Bonchev–Trinajstić information content (AvgIpc) is 3.14. The summed E-state index contributed by atoms with van der Waals surface area (Å²) < 4.78 is 56.3. The lowest BCUT2D eigenvalue weighted by atomic mass is 10.3. The molecule has 0 aliphatic heterocycles. The van der Waals surface area contributed by atoms with Gasteiger partial charge in [-0.05, 0) is 48.5 Å². The second-order valence-electron chi connectivity index (χ2n) is 6.61. The van der Waals surface area contributed by atoms with Crippen molar-refractivity contribution < 1.29 is 16.8 Å². The molecule has 166 valence electrons. The monoisotopic (exact) mass is 480 g/mol. The molecule has 0 fully saturated rings. The first-order valence-corrected chi connectivity index (χ1v) is 13.3. The number of hydrogen-bond donors (Lipinski definition) is 1. The predicted octanol–water partition coefficient (Wildman–Crippen LogP) is 3.40. The standard InChI is InChI=1S/C20H24N4O4S3/c1-4-24(5-2)31(27,28)19-12-10-18(11-13-19)30(25,26)22-16-6-8-17(9-7-16)29-20-21-14-15-23(20)3/h6-15,22H,4-5H2,1-3H3. The van der Waals surface area contributed by atoms with Crippen molar-refractivity contribution in [2.24, 2.45) is 7.05 Å². The van der Waals surface area contributed by atoms with E-state index in [0.29, 0.717) is 18.8 Å². The summed E-state index contributed by atoms with van der Waals surface area (Å²) in [6.07, 6.45) is 3.56. The van der Waals surface area contributed by atoms with Gasteiger partial charge in [0.1, 0.15) is 0 Å². The highest BCUT2D eigenvalue weighted by Crippen LogP contribution is 2.27. The Bertz CT molecular complexity index is 1230. The third kappa shape index (κ3) is 5.29. The van der Waals surface area contributed by atoms with Crippen LogP contribution in [0.1, 0.15) is 13.8 Å². The molecule has 0 aliphatic rings. The van der Waals surface area contributed by atoms with Crippen LogP contribution in [0.15, 0.2) is 80.8 Å². The molecule has 0 saturated heterocycles. The summed E-state index contributed by atoms with van der Waals surface area (Å²) in [5.41, 5.74) is 0.407. The molecule has 0 unspecified atom stereocenters. The van der Waals surface area contributed by atoms with Crippen molar-refractivity contribution in [2.45, 2.75) is 33.7 Å². The summed E-state index contributed by atoms with van der Waals surface area (Å²) in [4.78, 5) is 5.21. The smallest absolute Gasteiger partial charge is 0.261 e. The van der Waals surface area contributed by atoms with Gasteiger partial charge < -0.3 is 4.57 Å². The van der Waals surface area contributed by atoms with Crippen LogP contribution in [0.2, 0.25) is 0 Å². The molecule has 1 N–H and O–H groups in total. The van der Waals surface area contributed by atoms with Crippen molar-refractivity contribution in [1.82, 2.24) is 13.9 Å². The maximum Gasteiger partial charge on any atom is 0.261 e. The minimum Gasteiger partial charge on any atom is -0.329 e. The Morgan fingerprint density at radius 2 is 1.52 bits per heavy atom. The number of aromatic nitrogens is 2. The second kappa shape index (κ2) is 9.43. The van der Waals surface area contributed by atoms with Gasteiger partial charge in [-0.1, -0.05) is 25.6 Å². The Hall–Kier alpha value is -2.34. The number of anilines is 1. The van der Waals surface area contributed by atoms with Crippen molar-refractivity contribution in [1.29, 1.82) is 0 Å². The SMILES string of the molecule is CCN(CC)S(=O)(=O)c1ccc(S(=O)(=O)Nc2ccc(Sc3nccn3C)cc2)cc1. The topological polar surface area (TPSA) is 101 Å². The van der Waals surface area contributed by atoms with E-state index in [-0.39, 0.29) is 9.79 Å². The highest BCUT2D eigenvalue weighted by Gasteiger charge is 2.22. The van der Waals surface area contributed by atoms with E-state index in [4.69, 9.17) is 0 Å². The third-order valence-corrected chi connectivity index (χ3v) is 9.12. The molecule has 2 aromatic carbocycles. The van der Waals surface area contributed by atoms with Crippen LogP contribution in [-0.2, 0) is 27.1 Å². The summed E-state index contributed by atoms with van der Waals surface area (Å²) in [5, 5.41) is 0.827. The number of sulfonamides is 2. The van der Waals surface area contributed by atoms with Crippen LogP contribution < -0.4 is 4.72 Å². The number of benzene rings is 2. The van der Waals surface area contributed by atoms with Gasteiger partial charge in [0.2, 0.25) is 10.0 Å². The van der Waals surface area contributed by atoms with E-state index in [1.165, 1.54) is 40.3 Å². The van der Waals surface area contributed by atoms with Crippen molar-refractivity contribution in [3.63, 3.8) is 0 Å². The van der Waals surface area contributed by atoms with Crippen molar-refractivity contribution in [3.05, 3.63) is 60.9 Å². The van der Waals surface area contributed by atoms with Gasteiger partial charge in [-0.25, -0.2) is 21.8 Å². The van der Waals surface area contributed by atoms with E-state index < -0.39 is 20.0 Å². The summed E-state index contributed by atoms with van der Waals surface area (Å²) in [5.74, 6) is 0. The lowest BCUT2D eigenvalue weighted by Gasteiger charge is -2.18. The molecule has 1 aromatic heterocycles. The molecule has 0 spiro atoms. The number of hydrogen-bond acceptors (Lipinski definition) is 6. The Morgan fingerprint density at radius 1 is 0.935 bits per heavy atom. The maximum atomic E-state index is 12.7. The molecular weight excluding hydrogens is 456 g/mol. The zero-order valence-electron chi connectivity index (χ0n) is 17.4. The summed E-state index contributed by atoms with van der Waals surface area (Å²) in [6.45, 7) is 4.19. The van der Waals surface area contributed by atoms with Gasteiger partial charge in [-0.15, -0.1) is 0 Å². The molecule has 31 heavy (non-hydrogen) atoms. The van der Waals surface area contributed by atoms with Crippen LogP contribution in [0.3, 0.4) is 0 Å². The van der Waals surface area contributed by atoms with Gasteiger partial charge >= 0.3 is 0 Å². The number of aryl methyl sites for hydroxylation is 1. The van der Waals surface area contributed by atoms with Crippen LogP contribution >= 0.6 is 11.8 Å². The van der Waals surface area contributed by atoms with Gasteiger partial charge in [0.05, 0.1) is 9.79 Å². The minimum atomic E-state index is -3.86. The zero-order valence-corrected chi connectivity index (χ0v) is 19.8. The number of nitrogens with zero attached hydrogens (tertiary/aromatic N) is 3. The minimum absolute atomic E-state index is 0.0162. The van der Waals surface area contributed by atoms with Gasteiger partial charge in [0.25, 0.3) is 10.0 Å². The first-order valence-electron chi connectivity index (χ1n) is 9.55. The van der Waals surface area contributed by atoms with Crippen molar-refractivity contribution in [3.8, 4) is 0 Å². The Morgan fingerprint density at radius 3 is 2.03 bits per heavy atom. The Balaban J connectivity index is 1.74. The van der Waals surface area contributed by atoms with Crippen molar-refractivity contribution >= 4 is 37.5 Å². The van der Waals surface area contributed by atoms with E-state index in [1.54, 1.807) is 44.3 Å². The molecule has 0 saturated carbocycles. The number of rotatable bonds is 9. The molecular formula is C20H24N4O4S3. The Labute approximate surface area is 187 Å². The summed E-state index contributed by atoms with van der Waals surface area (Å²) >= 11 is 1.47. The second-order valence-corrected chi connectivity index (χ2v) is 11.3. The molecule has 8 nitrogen and oxygen atoms in total. The van der Waals surface area contributed by atoms with E-state index >= 15 is 0 Å². The predicted molar refractivity (Wildman–Crippen MR) is 121 cm³/mol. The van der Waals surface area contributed by atoms with Gasteiger partial charge in [-0.2, -0.15) is 4.31 Å². The first-order chi connectivity index (χ1) is 14.7. The molecule has 0 aliphatic carbocycles. The van der Waals surface area contributed by atoms with E-state index in [9.17, 15) is 16.8 Å². The molecule has 11 heteroatoms. The number of nitrogens with one attached hydrogen (secondary N) is 1. The fourth-order valence-corrected chi connectivity index (χ4v) is 6.18.